The Kier molecular flexibility index (Phi) is 3.09. The van der Waals surface area contributed by atoms with Crippen LogP contribution in [0.25, 0.3) is 0 Å². The SMILES string of the molecule is CC(Br)Cc1cc(F)ccc1O. The van der Waals surface area contributed by atoms with Crippen LogP contribution in [0, 0.1) is 5.82 Å². The lowest BCUT2D eigenvalue weighted by atomic mass is 10.1. The molecule has 0 aliphatic rings. The smallest absolute Gasteiger partial charge is 0.123 e. The summed E-state index contributed by atoms with van der Waals surface area (Å²) in [7, 11) is 0. The van der Waals surface area contributed by atoms with Crippen molar-refractivity contribution in [3.05, 3.63) is 29.6 Å². The van der Waals surface area contributed by atoms with Gasteiger partial charge >= 0.3 is 0 Å². The van der Waals surface area contributed by atoms with E-state index in [1.165, 1.54) is 18.2 Å². The van der Waals surface area contributed by atoms with Crippen LogP contribution >= 0.6 is 15.9 Å². The van der Waals surface area contributed by atoms with Crippen LogP contribution in [0.2, 0.25) is 0 Å². The Bertz CT molecular complexity index is 273. The first-order valence-corrected chi connectivity index (χ1v) is 4.62. The Hall–Kier alpha value is -0.570. The van der Waals surface area contributed by atoms with Crippen molar-refractivity contribution in [1.82, 2.24) is 0 Å². The Morgan fingerprint density at radius 2 is 2.25 bits per heavy atom. The fraction of sp³-hybridized carbons (Fsp3) is 0.333. The predicted octanol–water partition coefficient (Wildman–Crippen LogP) is 2.86. The summed E-state index contributed by atoms with van der Waals surface area (Å²) in [6, 6.07) is 3.98. The van der Waals surface area contributed by atoms with Gasteiger partial charge in [-0.2, -0.15) is 0 Å². The molecule has 1 atom stereocenters. The number of phenols is 1. The summed E-state index contributed by atoms with van der Waals surface area (Å²) in [5, 5.41) is 9.30. The highest BCUT2D eigenvalue weighted by molar-refractivity contribution is 9.09. The first-order chi connectivity index (χ1) is 5.59. The first kappa shape index (κ1) is 9.52. The molecule has 0 saturated heterocycles. The molecular weight excluding hydrogens is 223 g/mol. The van der Waals surface area contributed by atoms with Crippen LogP contribution in [0.5, 0.6) is 5.75 Å². The number of halogens is 2. The van der Waals surface area contributed by atoms with Gasteiger partial charge in [-0.15, -0.1) is 0 Å². The van der Waals surface area contributed by atoms with Crippen LogP contribution in [0.1, 0.15) is 12.5 Å². The van der Waals surface area contributed by atoms with Crippen molar-refractivity contribution in [1.29, 1.82) is 0 Å². The van der Waals surface area contributed by atoms with Gasteiger partial charge in [0.2, 0.25) is 0 Å². The van der Waals surface area contributed by atoms with Gasteiger partial charge in [0.05, 0.1) is 0 Å². The van der Waals surface area contributed by atoms with Crippen LogP contribution in [0.3, 0.4) is 0 Å². The molecule has 0 fully saturated rings. The third kappa shape index (κ3) is 2.48. The lowest BCUT2D eigenvalue weighted by Crippen LogP contribution is -1.97. The number of rotatable bonds is 2. The second kappa shape index (κ2) is 3.90. The molecule has 1 N–H and O–H groups in total. The highest BCUT2D eigenvalue weighted by atomic mass is 79.9. The zero-order chi connectivity index (χ0) is 9.14. The van der Waals surface area contributed by atoms with Gasteiger partial charge in [-0.1, -0.05) is 22.9 Å². The average molecular weight is 233 g/mol. The Morgan fingerprint density at radius 1 is 1.58 bits per heavy atom. The van der Waals surface area contributed by atoms with Gasteiger partial charge < -0.3 is 5.11 Å². The fourth-order valence-electron chi connectivity index (χ4n) is 1.02. The quantitative estimate of drug-likeness (QED) is 0.778. The highest BCUT2D eigenvalue weighted by Gasteiger charge is 2.05. The number of hydrogen-bond acceptors (Lipinski definition) is 1. The maximum Gasteiger partial charge on any atom is 0.123 e. The van der Waals surface area contributed by atoms with Crippen molar-refractivity contribution in [2.24, 2.45) is 0 Å². The van der Waals surface area contributed by atoms with E-state index < -0.39 is 0 Å². The molecule has 0 aliphatic heterocycles. The van der Waals surface area contributed by atoms with E-state index in [-0.39, 0.29) is 16.4 Å². The summed E-state index contributed by atoms with van der Waals surface area (Å²) >= 11 is 3.34. The number of benzene rings is 1. The maximum absolute atomic E-state index is 12.7. The average Bonchev–Trinajstić information content (AvgIpc) is 1.96. The largest absolute Gasteiger partial charge is 0.508 e. The van der Waals surface area contributed by atoms with Gasteiger partial charge in [-0.3, -0.25) is 0 Å². The van der Waals surface area contributed by atoms with E-state index in [1.807, 2.05) is 6.92 Å². The number of aromatic hydroxyl groups is 1. The minimum Gasteiger partial charge on any atom is -0.508 e. The van der Waals surface area contributed by atoms with E-state index in [0.717, 1.165) is 0 Å². The molecule has 0 aromatic heterocycles. The van der Waals surface area contributed by atoms with E-state index in [0.29, 0.717) is 12.0 Å². The second-order valence-corrected chi connectivity index (χ2v) is 4.32. The van der Waals surface area contributed by atoms with Gasteiger partial charge in [-0.25, -0.2) is 4.39 Å². The number of alkyl halides is 1. The standard InChI is InChI=1S/C9H10BrFO/c1-6(10)4-7-5-8(11)2-3-9(7)12/h2-3,5-6,12H,4H2,1H3. The van der Waals surface area contributed by atoms with Crippen molar-refractivity contribution in [3.63, 3.8) is 0 Å². The molecule has 0 aliphatic carbocycles. The van der Waals surface area contributed by atoms with Gasteiger partial charge in [0.15, 0.2) is 0 Å². The van der Waals surface area contributed by atoms with Crippen LogP contribution < -0.4 is 0 Å². The summed E-state index contributed by atoms with van der Waals surface area (Å²) in [6.07, 6.45) is 0.629. The van der Waals surface area contributed by atoms with Crippen LogP contribution in [0.15, 0.2) is 18.2 Å². The maximum atomic E-state index is 12.7. The fourth-order valence-corrected chi connectivity index (χ4v) is 1.37. The summed E-state index contributed by atoms with van der Waals surface area (Å²) in [6.45, 7) is 1.95. The minimum atomic E-state index is -0.309. The second-order valence-electron chi connectivity index (χ2n) is 2.76. The molecule has 3 heteroatoms. The Labute approximate surface area is 79.4 Å². The van der Waals surface area contributed by atoms with Crippen molar-refractivity contribution >= 4 is 15.9 Å². The monoisotopic (exact) mass is 232 g/mol. The molecule has 0 heterocycles. The van der Waals surface area contributed by atoms with Crippen LogP contribution in [-0.2, 0) is 6.42 Å². The Morgan fingerprint density at radius 3 is 2.83 bits per heavy atom. The summed E-state index contributed by atoms with van der Waals surface area (Å²) < 4.78 is 12.7. The third-order valence-electron chi connectivity index (χ3n) is 1.54. The van der Waals surface area contributed by atoms with Crippen LogP contribution in [-0.4, -0.2) is 9.93 Å². The van der Waals surface area contributed by atoms with Crippen LogP contribution in [0.4, 0.5) is 4.39 Å². The lowest BCUT2D eigenvalue weighted by molar-refractivity contribution is 0.465. The molecular formula is C9H10BrFO. The molecule has 0 spiro atoms. The first-order valence-electron chi connectivity index (χ1n) is 3.71. The molecule has 0 amide bonds. The number of hydrogen-bond donors (Lipinski definition) is 1. The van der Waals surface area contributed by atoms with E-state index in [2.05, 4.69) is 15.9 Å². The molecule has 1 nitrogen and oxygen atoms in total. The molecule has 0 bridgehead atoms. The topological polar surface area (TPSA) is 20.2 Å². The lowest BCUT2D eigenvalue weighted by Gasteiger charge is -2.05. The van der Waals surface area contributed by atoms with Gasteiger partial charge in [-0.05, 0) is 30.2 Å². The van der Waals surface area contributed by atoms with Crippen molar-refractivity contribution in [2.75, 3.05) is 0 Å². The van der Waals surface area contributed by atoms with Gasteiger partial charge in [0.25, 0.3) is 0 Å². The summed E-state index contributed by atoms with van der Waals surface area (Å²) in [4.78, 5) is 0.241. The normalized spacial score (nSPS) is 12.9. The molecule has 1 aromatic carbocycles. The molecule has 1 unspecified atom stereocenters. The molecule has 0 saturated carbocycles. The van der Waals surface area contributed by atoms with Gasteiger partial charge in [0, 0.05) is 4.83 Å². The van der Waals surface area contributed by atoms with Crippen molar-refractivity contribution in [3.8, 4) is 5.75 Å². The van der Waals surface area contributed by atoms with E-state index in [4.69, 9.17) is 0 Å². The van der Waals surface area contributed by atoms with E-state index in [9.17, 15) is 9.50 Å². The highest BCUT2D eigenvalue weighted by Crippen LogP contribution is 2.21. The summed E-state index contributed by atoms with van der Waals surface area (Å²) in [5.41, 5.74) is 0.638. The summed E-state index contributed by atoms with van der Waals surface area (Å²) in [5.74, 6) is -0.154. The third-order valence-corrected chi connectivity index (χ3v) is 1.87. The zero-order valence-electron chi connectivity index (χ0n) is 6.72. The molecule has 66 valence electrons. The molecule has 12 heavy (non-hydrogen) atoms. The van der Waals surface area contributed by atoms with Gasteiger partial charge in [0.1, 0.15) is 11.6 Å². The van der Waals surface area contributed by atoms with Crippen molar-refractivity contribution < 1.29 is 9.50 Å². The molecule has 1 rings (SSSR count). The molecule has 1 aromatic rings. The predicted molar refractivity (Wildman–Crippen MR) is 50.2 cm³/mol. The van der Waals surface area contributed by atoms with Crippen molar-refractivity contribution in [2.45, 2.75) is 18.2 Å². The van der Waals surface area contributed by atoms with E-state index >= 15 is 0 Å². The Balaban J connectivity index is 2.90. The molecule has 0 radical (unpaired) electrons. The minimum absolute atomic E-state index is 0.155. The zero-order valence-corrected chi connectivity index (χ0v) is 8.31. The number of phenolic OH excluding ortho intramolecular Hbond substituents is 1. The van der Waals surface area contributed by atoms with E-state index in [1.54, 1.807) is 0 Å².